The molecule has 0 aliphatic rings. The lowest BCUT2D eigenvalue weighted by Gasteiger charge is -2.01. The molecule has 14 heavy (non-hydrogen) atoms. The molecule has 0 aliphatic carbocycles. The Morgan fingerprint density at radius 2 is 2.29 bits per heavy atom. The summed E-state index contributed by atoms with van der Waals surface area (Å²) in [5.41, 5.74) is 6.34. The summed E-state index contributed by atoms with van der Waals surface area (Å²) in [5, 5.41) is 0. The highest BCUT2D eigenvalue weighted by atomic mass is 79.9. The SMILES string of the molecule is NCCCS(=O)Cc1cncc(Br)c1. The standard InChI is InChI=1S/C9H13BrN2OS/c10-9-4-8(5-12-6-9)7-14(13)3-1-2-11/h4-6H,1-3,7,11H2. The fraction of sp³-hybridized carbons (Fsp3) is 0.444. The van der Waals surface area contributed by atoms with Gasteiger partial charge in [-0.25, -0.2) is 0 Å². The molecule has 0 spiro atoms. The van der Waals surface area contributed by atoms with Crippen LogP contribution in [0.2, 0.25) is 0 Å². The monoisotopic (exact) mass is 276 g/mol. The van der Waals surface area contributed by atoms with Crippen molar-refractivity contribution in [1.82, 2.24) is 4.98 Å². The Morgan fingerprint density at radius 3 is 2.93 bits per heavy atom. The summed E-state index contributed by atoms with van der Waals surface area (Å²) in [6, 6.07) is 1.94. The molecule has 0 fully saturated rings. The third-order valence-corrected chi connectivity index (χ3v) is 3.50. The van der Waals surface area contributed by atoms with Gasteiger partial charge in [0, 0.05) is 33.4 Å². The first-order valence-electron chi connectivity index (χ1n) is 4.37. The molecular weight excluding hydrogens is 264 g/mol. The van der Waals surface area contributed by atoms with Crippen LogP contribution in [0.15, 0.2) is 22.9 Å². The molecule has 1 atom stereocenters. The summed E-state index contributed by atoms with van der Waals surface area (Å²) < 4.78 is 12.4. The lowest BCUT2D eigenvalue weighted by Crippen LogP contribution is -2.07. The molecule has 0 saturated heterocycles. The van der Waals surface area contributed by atoms with Crippen molar-refractivity contribution in [2.75, 3.05) is 12.3 Å². The van der Waals surface area contributed by atoms with Gasteiger partial charge in [0.2, 0.25) is 0 Å². The molecule has 2 N–H and O–H groups in total. The van der Waals surface area contributed by atoms with Crippen LogP contribution in [-0.2, 0) is 16.6 Å². The number of halogens is 1. The van der Waals surface area contributed by atoms with Crippen LogP contribution in [0, 0.1) is 0 Å². The van der Waals surface area contributed by atoms with Crippen molar-refractivity contribution < 1.29 is 4.21 Å². The third kappa shape index (κ3) is 4.30. The smallest absolute Gasteiger partial charge is 0.0501 e. The Morgan fingerprint density at radius 1 is 1.50 bits per heavy atom. The molecule has 0 saturated carbocycles. The third-order valence-electron chi connectivity index (χ3n) is 1.67. The number of pyridine rings is 1. The van der Waals surface area contributed by atoms with Gasteiger partial charge in [0.05, 0.1) is 5.75 Å². The molecule has 0 radical (unpaired) electrons. The summed E-state index contributed by atoms with van der Waals surface area (Å²) in [6.45, 7) is 0.600. The first-order valence-corrected chi connectivity index (χ1v) is 6.65. The molecule has 1 unspecified atom stereocenters. The van der Waals surface area contributed by atoms with E-state index < -0.39 is 10.8 Å². The van der Waals surface area contributed by atoms with E-state index in [9.17, 15) is 4.21 Å². The van der Waals surface area contributed by atoms with Crippen molar-refractivity contribution in [3.05, 3.63) is 28.5 Å². The maximum Gasteiger partial charge on any atom is 0.0501 e. The maximum absolute atomic E-state index is 11.5. The number of hydrogen-bond donors (Lipinski definition) is 1. The highest BCUT2D eigenvalue weighted by Gasteiger charge is 2.01. The molecule has 78 valence electrons. The minimum atomic E-state index is -0.820. The minimum absolute atomic E-state index is 0.562. The highest BCUT2D eigenvalue weighted by molar-refractivity contribution is 9.10. The van der Waals surface area contributed by atoms with Gasteiger partial charge < -0.3 is 5.73 Å². The second-order valence-corrected chi connectivity index (χ2v) is 5.43. The van der Waals surface area contributed by atoms with Crippen LogP contribution in [0.1, 0.15) is 12.0 Å². The zero-order valence-corrected chi connectivity index (χ0v) is 10.2. The van der Waals surface area contributed by atoms with Gasteiger partial charge in [-0.2, -0.15) is 0 Å². The van der Waals surface area contributed by atoms with Crippen molar-refractivity contribution in [3.8, 4) is 0 Å². The van der Waals surface area contributed by atoms with Crippen LogP contribution in [0.3, 0.4) is 0 Å². The molecule has 3 nitrogen and oxygen atoms in total. The Bertz CT molecular complexity index is 319. The lowest BCUT2D eigenvalue weighted by atomic mass is 10.3. The Kier molecular flexibility index (Phi) is 5.29. The van der Waals surface area contributed by atoms with E-state index in [0.717, 1.165) is 16.5 Å². The maximum atomic E-state index is 11.5. The summed E-state index contributed by atoms with van der Waals surface area (Å²) in [4.78, 5) is 4.01. The highest BCUT2D eigenvalue weighted by Crippen LogP contribution is 2.11. The van der Waals surface area contributed by atoms with Crippen LogP contribution in [-0.4, -0.2) is 21.5 Å². The number of hydrogen-bond acceptors (Lipinski definition) is 3. The summed E-state index contributed by atoms with van der Waals surface area (Å²) >= 11 is 3.32. The molecule has 0 bridgehead atoms. The van der Waals surface area contributed by atoms with Gasteiger partial charge in [-0.15, -0.1) is 0 Å². The van der Waals surface area contributed by atoms with Crippen molar-refractivity contribution in [3.63, 3.8) is 0 Å². The van der Waals surface area contributed by atoms with Gasteiger partial charge in [0.1, 0.15) is 0 Å². The van der Waals surface area contributed by atoms with Crippen molar-refractivity contribution in [2.45, 2.75) is 12.2 Å². The molecule has 1 rings (SSSR count). The first kappa shape index (κ1) is 11.8. The molecular formula is C9H13BrN2OS. The van der Waals surface area contributed by atoms with E-state index in [1.807, 2.05) is 6.07 Å². The number of aromatic nitrogens is 1. The van der Waals surface area contributed by atoms with Crippen molar-refractivity contribution in [1.29, 1.82) is 0 Å². The van der Waals surface area contributed by atoms with E-state index in [1.165, 1.54) is 0 Å². The van der Waals surface area contributed by atoms with Gasteiger partial charge in [0.25, 0.3) is 0 Å². The van der Waals surface area contributed by atoms with Gasteiger partial charge in [-0.3, -0.25) is 9.19 Å². The lowest BCUT2D eigenvalue weighted by molar-refractivity contribution is 0.680. The van der Waals surface area contributed by atoms with Crippen LogP contribution >= 0.6 is 15.9 Å². The molecule has 1 aromatic rings. The van der Waals surface area contributed by atoms with Gasteiger partial charge in [0.15, 0.2) is 0 Å². The molecule has 0 amide bonds. The molecule has 0 aromatic carbocycles. The van der Waals surface area contributed by atoms with Gasteiger partial charge in [-0.1, -0.05) is 0 Å². The van der Waals surface area contributed by atoms with Crippen molar-refractivity contribution >= 4 is 26.7 Å². The largest absolute Gasteiger partial charge is 0.330 e. The van der Waals surface area contributed by atoms with Crippen molar-refractivity contribution in [2.24, 2.45) is 5.73 Å². The Balaban J connectivity index is 2.47. The zero-order chi connectivity index (χ0) is 10.4. The minimum Gasteiger partial charge on any atom is -0.330 e. The summed E-state index contributed by atoms with van der Waals surface area (Å²) in [7, 11) is -0.820. The van der Waals surface area contributed by atoms with E-state index in [2.05, 4.69) is 20.9 Å². The van der Waals surface area contributed by atoms with E-state index in [0.29, 0.717) is 18.1 Å². The number of rotatable bonds is 5. The fourth-order valence-corrected chi connectivity index (χ4v) is 2.61. The van der Waals surface area contributed by atoms with Crippen LogP contribution in [0.25, 0.3) is 0 Å². The number of nitrogens with zero attached hydrogens (tertiary/aromatic N) is 1. The first-order chi connectivity index (χ1) is 6.72. The zero-order valence-electron chi connectivity index (χ0n) is 7.78. The fourth-order valence-electron chi connectivity index (χ4n) is 1.04. The quantitative estimate of drug-likeness (QED) is 0.886. The van der Waals surface area contributed by atoms with Gasteiger partial charge >= 0.3 is 0 Å². The number of nitrogens with two attached hydrogens (primary N) is 1. The predicted molar refractivity (Wildman–Crippen MR) is 62.3 cm³/mol. The van der Waals surface area contributed by atoms with E-state index in [4.69, 9.17) is 5.73 Å². The molecule has 1 heterocycles. The molecule has 0 aliphatic heterocycles. The van der Waals surface area contributed by atoms with Gasteiger partial charge in [-0.05, 0) is 40.5 Å². The average molecular weight is 277 g/mol. The average Bonchev–Trinajstić information content (AvgIpc) is 2.15. The Hall–Kier alpha value is -0.260. The molecule has 5 heteroatoms. The van der Waals surface area contributed by atoms with Crippen LogP contribution in [0.5, 0.6) is 0 Å². The second kappa shape index (κ2) is 6.27. The van der Waals surface area contributed by atoms with E-state index in [-0.39, 0.29) is 0 Å². The van der Waals surface area contributed by atoms with E-state index in [1.54, 1.807) is 12.4 Å². The normalized spacial score (nSPS) is 12.7. The topological polar surface area (TPSA) is 56.0 Å². The van der Waals surface area contributed by atoms with Crippen LogP contribution < -0.4 is 5.73 Å². The predicted octanol–water partition coefficient (Wildman–Crippen LogP) is 1.44. The van der Waals surface area contributed by atoms with Crippen LogP contribution in [0.4, 0.5) is 0 Å². The summed E-state index contributed by atoms with van der Waals surface area (Å²) in [6.07, 6.45) is 4.27. The Labute approximate surface area is 94.7 Å². The second-order valence-electron chi connectivity index (χ2n) is 2.94. The summed E-state index contributed by atoms with van der Waals surface area (Å²) in [5.74, 6) is 1.23. The van der Waals surface area contributed by atoms with E-state index >= 15 is 0 Å². The molecule has 1 aromatic heterocycles.